The highest BCUT2D eigenvalue weighted by Crippen LogP contribution is 2.11. The van der Waals surface area contributed by atoms with Crippen LogP contribution in [0.25, 0.3) is 0 Å². The summed E-state index contributed by atoms with van der Waals surface area (Å²) >= 11 is 0. The average Bonchev–Trinajstić information content (AvgIpc) is 3.11. The van der Waals surface area contributed by atoms with E-state index in [1.54, 1.807) is 36.8 Å². The number of nitrogens with zero attached hydrogens (tertiary/aromatic N) is 2. The Morgan fingerprint density at radius 2 is 2.04 bits per heavy atom. The van der Waals surface area contributed by atoms with Gasteiger partial charge in [-0.2, -0.15) is 0 Å². The number of aryl methyl sites for hydroxylation is 1. The Morgan fingerprint density at radius 3 is 2.69 bits per heavy atom. The zero-order valence-electron chi connectivity index (χ0n) is 14.8. The molecule has 0 fully saturated rings. The molecule has 7 nitrogen and oxygen atoms in total. The van der Waals surface area contributed by atoms with Gasteiger partial charge in [-0.15, -0.1) is 24.8 Å². The standard InChI is InChI=1S/C17H23N5O2.2ClH/c1-13(18-2)11-20-17(24)14-4-3-5-15(10-14)21-16(23)6-8-22-9-7-19-12-22;;/h3-5,7,9-10,12-13,18H,6,8,11H2,1-2H3,(H,20,24)(H,21,23);2*1H. The van der Waals surface area contributed by atoms with E-state index in [1.165, 1.54) is 0 Å². The molecule has 1 aromatic heterocycles. The molecule has 0 radical (unpaired) electrons. The molecule has 2 rings (SSSR count). The molecule has 0 spiro atoms. The quantitative estimate of drug-likeness (QED) is 0.631. The van der Waals surface area contributed by atoms with Gasteiger partial charge in [0.05, 0.1) is 6.33 Å². The number of imidazole rings is 1. The highest BCUT2D eigenvalue weighted by atomic mass is 35.5. The van der Waals surface area contributed by atoms with Crippen LogP contribution < -0.4 is 16.0 Å². The number of halogens is 2. The van der Waals surface area contributed by atoms with Crippen LogP contribution in [-0.4, -0.2) is 41.0 Å². The van der Waals surface area contributed by atoms with Crippen molar-refractivity contribution in [1.29, 1.82) is 0 Å². The van der Waals surface area contributed by atoms with Crippen LogP contribution in [0.5, 0.6) is 0 Å². The molecule has 1 atom stereocenters. The third-order valence-electron chi connectivity index (χ3n) is 3.63. The lowest BCUT2D eigenvalue weighted by atomic mass is 10.2. The molecule has 1 unspecified atom stereocenters. The van der Waals surface area contributed by atoms with Crippen molar-refractivity contribution in [2.45, 2.75) is 25.9 Å². The van der Waals surface area contributed by atoms with Gasteiger partial charge < -0.3 is 20.5 Å². The van der Waals surface area contributed by atoms with Gasteiger partial charge in [0.15, 0.2) is 0 Å². The first kappa shape index (κ1) is 23.9. The molecule has 9 heteroatoms. The van der Waals surface area contributed by atoms with Crippen molar-refractivity contribution < 1.29 is 9.59 Å². The van der Waals surface area contributed by atoms with Crippen LogP contribution in [0.1, 0.15) is 23.7 Å². The van der Waals surface area contributed by atoms with Gasteiger partial charge in [-0.25, -0.2) is 4.98 Å². The lowest BCUT2D eigenvalue weighted by molar-refractivity contribution is -0.116. The topological polar surface area (TPSA) is 88.0 Å². The maximum atomic E-state index is 12.1. The second kappa shape index (κ2) is 12.3. The number of hydrogen-bond donors (Lipinski definition) is 3. The van der Waals surface area contributed by atoms with E-state index in [1.807, 2.05) is 24.7 Å². The van der Waals surface area contributed by atoms with Gasteiger partial charge >= 0.3 is 0 Å². The van der Waals surface area contributed by atoms with E-state index >= 15 is 0 Å². The molecule has 3 N–H and O–H groups in total. The fourth-order valence-electron chi connectivity index (χ4n) is 2.06. The summed E-state index contributed by atoms with van der Waals surface area (Å²) < 4.78 is 1.84. The normalized spacial score (nSPS) is 10.8. The number of carbonyl (C=O) groups excluding carboxylic acids is 2. The van der Waals surface area contributed by atoms with Crippen molar-refractivity contribution in [3.05, 3.63) is 48.5 Å². The van der Waals surface area contributed by atoms with E-state index in [-0.39, 0.29) is 42.7 Å². The van der Waals surface area contributed by atoms with Crippen molar-refractivity contribution in [1.82, 2.24) is 20.2 Å². The Morgan fingerprint density at radius 1 is 1.27 bits per heavy atom. The zero-order valence-corrected chi connectivity index (χ0v) is 16.4. The zero-order chi connectivity index (χ0) is 17.4. The minimum atomic E-state index is -0.161. The molecule has 144 valence electrons. The monoisotopic (exact) mass is 401 g/mol. The first-order valence-corrected chi connectivity index (χ1v) is 7.89. The molecule has 1 heterocycles. The van der Waals surface area contributed by atoms with E-state index in [9.17, 15) is 9.59 Å². The minimum absolute atomic E-state index is 0. The van der Waals surface area contributed by atoms with Crippen molar-refractivity contribution >= 4 is 42.3 Å². The predicted molar refractivity (Wildman–Crippen MR) is 107 cm³/mol. The van der Waals surface area contributed by atoms with E-state index in [4.69, 9.17) is 0 Å². The number of carbonyl (C=O) groups is 2. The van der Waals surface area contributed by atoms with Gasteiger partial charge in [-0.3, -0.25) is 9.59 Å². The summed E-state index contributed by atoms with van der Waals surface area (Å²) in [6.07, 6.45) is 5.50. The number of benzene rings is 1. The largest absolute Gasteiger partial charge is 0.350 e. The van der Waals surface area contributed by atoms with Crippen molar-refractivity contribution in [2.24, 2.45) is 0 Å². The van der Waals surface area contributed by atoms with Crippen LogP contribution in [0.15, 0.2) is 43.0 Å². The van der Waals surface area contributed by atoms with E-state index in [0.29, 0.717) is 30.8 Å². The summed E-state index contributed by atoms with van der Waals surface area (Å²) in [5.41, 5.74) is 1.13. The number of rotatable bonds is 8. The van der Waals surface area contributed by atoms with E-state index in [0.717, 1.165) is 0 Å². The van der Waals surface area contributed by atoms with Gasteiger partial charge in [-0.1, -0.05) is 6.07 Å². The molecule has 0 bridgehead atoms. The van der Waals surface area contributed by atoms with Crippen LogP contribution in [0.4, 0.5) is 5.69 Å². The Labute approximate surface area is 165 Å². The summed E-state index contributed by atoms with van der Waals surface area (Å²) in [5.74, 6) is -0.267. The second-order valence-corrected chi connectivity index (χ2v) is 5.58. The highest BCUT2D eigenvalue weighted by molar-refractivity contribution is 5.97. The molecule has 1 aromatic carbocycles. The molecule has 26 heavy (non-hydrogen) atoms. The van der Waals surface area contributed by atoms with Crippen LogP contribution >= 0.6 is 24.8 Å². The number of hydrogen-bond acceptors (Lipinski definition) is 4. The van der Waals surface area contributed by atoms with E-state index < -0.39 is 0 Å². The molecule has 2 aromatic rings. The second-order valence-electron chi connectivity index (χ2n) is 5.58. The summed E-state index contributed by atoms with van der Waals surface area (Å²) in [6, 6.07) is 7.11. The van der Waals surface area contributed by atoms with Crippen LogP contribution in [0, 0.1) is 0 Å². The number of aromatic nitrogens is 2. The first-order chi connectivity index (χ1) is 11.6. The Hall–Kier alpha value is -2.09. The van der Waals surface area contributed by atoms with Crippen molar-refractivity contribution in [2.75, 3.05) is 18.9 Å². The maximum absolute atomic E-state index is 12.1. The smallest absolute Gasteiger partial charge is 0.251 e. The minimum Gasteiger partial charge on any atom is -0.350 e. The third-order valence-corrected chi connectivity index (χ3v) is 3.63. The van der Waals surface area contributed by atoms with Crippen LogP contribution in [-0.2, 0) is 11.3 Å². The van der Waals surface area contributed by atoms with Crippen molar-refractivity contribution in [3.8, 4) is 0 Å². The number of nitrogens with one attached hydrogen (secondary N) is 3. The van der Waals surface area contributed by atoms with Gasteiger partial charge in [0.25, 0.3) is 5.91 Å². The molecule has 0 aliphatic carbocycles. The molecule has 0 aliphatic rings. The average molecular weight is 402 g/mol. The maximum Gasteiger partial charge on any atom is 0.251 e. The van der Waals surface area contributed by atoms with Gasteiger partial charge in [0.2, 0.25) is 5.91 Å². The summed E-state index contributed by atoms with van der Waals surface area (Å²) in [4.78, 5) is 28.0. The Kier molecular flexibility index (Phi) is 11.3. The molecule has 0 saturated heterocycles. The fraction of sp³-hybridized carbons (Fsp3) is 0.353. The third kappa shape index (κ3) is 7.86. The lowest BCUT2D eigenvalue weighted by Crippen LogP contribution is -2.37. The first-order valence-electron chi connectivity index (χ1n) is 7.89. The van der Waals surface area contributed by atoms with Crippen LogP contribution in [0.3, 0.4) is 0 Å². The van der Waals surface area contributed by atoms with Crippen molar-refractivity contribution in [3.63, 3.8) is 0 Å². The summed E-state index contributed by atoms with van der Waals surface area (Å²) in [5, 5.41) is 8.72. The van der Waals surface area contributed by atoms with Gasteiger partial charge in [0.1, 0.15) is 0 Å². The number of anilines is 1. The predicted octanol–water partition coefficient (Wildman–Crippen LogP) is 2.09. The Balaban J connectivity index is 0.00000312. The fourth-order valence-corrected chi connectivity index (χ4v) is 2.06. The van der Waals surface area contributed by atoms with Crippen LogP contribution in [0.2, 0.25) is 0 Å². The number of amides is 2. The molecule has 0 aliphatic heterocycles. The molecular weight excluding hydrogens is 377 g/mol. The van der Waals surface area contributed by atoms with E-state index in [2.05, 4.69) is 20.9 Å². The van der Waals surface area contributed by atoms with Gasteiger partial charge in [-0.05, 0) is 32.2 Å². The molecule has 0 saturated carbocycles. The summed E-state index contributed by atoms with van der Waals surface area (Å²) in [7, 11) is 1.84. The number of likely N-dealkylation sites (N-methyl/N-ethyl adjacent to an activating group) is 1. The molecular formula is C17H25Cl2N5O2. The highest BCUT2D eigenvalue weighted by Gasteiger charge is 2.09. The van der Waals surface area contributed by atoms with Gasteiger partial charge in [0, 0.05) is 49.2 Å². The SMILES string of the molecule is CNC(C)CNC(=O)c1cccc(NC(=O)CCn2ccnc2)c1.Cl.Cl. The lowest BCUT2D eigenvalue weighted by Gasteiger charge is -2.12. The molecule has 2 amide bonds. The summed E-state index contributed by atoms with van der Waals surface area (Å²) in [6.45, 7) is 3.09. The Bertz CT molecular complexity index is 680.